The molecule has 168 valence electrons. The Morgan fingerprint density at radius 2 is 1.90 bits per heavy atom. The van der Waals surface area contributed by atoms with Gasteiger partial charge in [0.25, 0.3) is 0 Å². The molecule has 0 bridgehead atoms. The molecule has 0 radical (unpaired) electrons. The van der Waals surface area contributed by atoms with Crippen molar-refractivity contribution in [2.24, 2.45) is 4.99 Å². The van der Waals surface area contributed by atoms with Crippen molar-refractivity contribution in [3.05, 3.63) is 48.1 Å². The molecule has 0 saturated carbocycles. The molecule has 1 aromatic heterocycles. The van der Waals surface area contributed by atoms with Gasteiger partial charge in [0.15, 0.2) is 0 Å². The van der Waals surface area contributed by atoms with Gasteiger partial charge in [-0.3, -0.25) is 10.1 Å². The molecule has 6 heteroatoms. The van der Waals surface area contributed by atoms with Crippen LogP contribution in [-0.4, -0.2) is 50.1 Å². The quantitative estimate of drug-likeness (QED) is 0.566. The largest absolute Gasteiger partial charge is 0.507 e. The average Bonchev–Trinajstić information content (AvgIpc) is 3.21. The molecule has 1 aliphatic rings. The molecule has 3 rings (SSSR count). The molecule has 6 nitrogen and oxygen atoms in total. The molecule has 1 saturated heterocycles. The Morgan fingerprint density at radius 1 is 1.23 bits per heavy atom. The van der Waals surface area contributed by atoms with Crippen LogP contribution >= 0.6 is 0 Å². The number of hydrogen-bond donors (Lipinski definition) is 3. The fraction of sp³-hybridized carbons (Fsp3) is 0.520. The Morgan fingerprint density at radius 3 is 2.45 bits per heavy atom. The molecule has 0 spiro atoms. The first kappa shape index (κ1) is 23.1. The molecule has 31 heavy (non-hydrogen) atoms. The molecular weight excluding hydrogens is 386 g/mol. The predicted molar refractivity (Wildman–Crippen MR) is 128 cm³/mol. The minimum atomic E-state index is 0.0985. The van der Waals surface area contributed by atoms with E-state index in [1.807, 2.05) is 24.5 Å². The summed E-state index contributed by atoms with van der Waals surface area (Å²) in [6.07, 6.45) is 8.39. The van der Waals surface area contributed by atoms with Crippen molar-refractivity contribution in [1.82, 2.24) is 20.4 Å². The number of H-pyrrole nitrogens is 1. The van der Waals surface area contributed by atoms with E-state index in [2.05, 4.69) is 69.0 Å². The number of phenols is 1. The first-order valence-electron chi connectivity index (χ1n) is 11.1. The Balaban J connectivity index is 1.81. The number of hydrogen-bond acceptors (Lipinski definition) is 5. The first-order chi connectivity index (χ1) is 14.5. The van der Waals surface area contributed by atoms with Crippen molar-refractivity contribution in [3.63, 3.8) is 0 Å². The summed E-state index contributed by atoms with van der Waals surface area (Å²) in [6.45, 7) is 13.3. The fourth-order valence-electron chi connectivity index (χ4n) is 4.81. The number of nitrogens with zero attached hydrogens (tertiary/aromatic N) is 3. The lowest BCUT2D eigenvalue weighted by atomic mass is 9.79. The lowest BCUT2D eigenvalue weighted by Gasteiger charge is -2.49. The van der Waals surface area contributed by atoms with Crippen LogP contribution in [0.1, 0.15) is 66.4 Å². The van der Waals surface area contributed by atoms with Gasteiger partial charge in [-0.2, -0.15) is 5.10 Å². The Labute approximate surface area is 186 Å². The highest BCUT2D eigenvalue weighted by atomic mass is 16.3. The van der Waals surface area contributed by atoms with Crippen LogP contribution in [0.5, 0.6) is 5.75 Å². The minimum Gasteiger partial charge on any atom is -0.507 e. The molecule has 0 unspecified atom stereocenters. The number of aromatic nitrogens is 2. The Kier molecular flexibility index (Phi) is 6.60. The van der Waals surface area contributed by atoms with Crippen molar-refractivity contribution >= 4 is 5.71 Å². The molecule has 1 aromatic carbocycles. The third-order valence-electron chi connectivity index (χ3n) is 6.16. The van der Waals surface area contributed by atoms with Gasteiger partial charge in [-0.25, -0.2) is 0 Å². The van der Waals surface area contributed by atoms with Crippen molar-refractivity contribution in [2.45, 2.75) is 77.9 Å². The van der Waals surface area contributed by atoms with E-state index >= 15 is 0 Å². The molecule has 1 aliphatic heterocycles. The number of aromatic amines is 1. The van der Waals surface area contributed by atoms with E-state index in [0.29, 0.717) is 6.04 Å². The van der Waals surface area contributed by atoms with Gasteiger partial charge < -0.3 is 15.3 Å². The summed E-state index contributed by atoms with van der Waals surface area (Å²) in [5, 5.41) is 21.2. The smallest absolute Gasteiger partial charge is 0.125 e. The third-order valence-corrected chi connectivity index (χ3v) is 6.16. The van der Waals surface area contributed by atoms with E-state index in [4.69, 9.17) is 4.99 Å². The van der Waals surface area contributed by atoms with E-state index < -0.39 is 0 Å². The van der Waals surface area contributed by atoms with E-state index in [0.717, 1.165) is 47.4 Å². The standard InChI is InChI=1S/C25H37N5O/c1-8-22(21-10-9-18(11-23(21)31)19-15-27-28-16-19)26-14-17(2)30(7)20-12-24(3,4)29-25(5,6)13-20/h9-11,14-16,20,29,31H,8,12-13H2,1-7H3,(H,27,28)/b17-14+,26-22?. The lowest BCUT2D eigenvalue weighted by Crippen LogP contribution is -2.61. The van der Waals surface area contributed by atoms with E-state index in [-0.39, 0.29) is 16.8 Å². The number of aromatic hydroxyl groups is 1. The summed E-state index contributed by atoms with van der Waals surface area (Å²) >= 11 is 0. The minimum absolute atomic E-state index is 0.0985. The summed E-state index contributed by atoms with van der Waals surface area (Å²) < 4.78 is 0. The summed E-state index contributed by atoms with van der Waals surface area (Å²) in [5.74, 6) is 0.237. The summed E-state index contributed by atoms with van der Waals surface area (Å²) in [4.78, 5) is 7.12. The zero-order valence-electron chi connectivity index (χ0n) is 20.0. The van der Waals surface area contributed by atoms with Crippen molar-refractivity contribution in [1.29, 1.82) is 0 Å². The maximum Gasteiger partial charge on any atom is 0.125 e. The van der Waals surface area contributed by atoms with E-state index in [1.165, 1.54) is 0 Å². The third kappa shape index (κ3) is 5.56. The second-order valence-corrected chi connectivity index (χ2v) is 9.98. The number of allylic oxidation sites excluding steroid dienone is 1. The Hall–Kier alpha value is -2.60. The molecule has 2 heterocycles. The predicted octanol–water partition coefficient (Wildman–Crippen LogP) is 5.08. The van der Waals surface area contributed by atoms with Gasteiger partial charge in [0.05, 0.1) is 11.9 Å². The highest BCUT2D eigenvalue weighted by molar-refractivity contribution is 6.03. The van der Waals surface area contributed by atoms with Crippen LogP contribution < -0.4 is 5.32 Å². The van der Waals surface area contributed by atoms with Crippen molar-refractivity contribution in [2.75, 3.05) is 7.05 Å². The summed E-state index contributed by atoms with van der Waals surface area (Å²) in [6, 6.07) is 6.15. The fourth-order valence-corrected chi connectivity index (χ4v) is 4.81. The molecular formula is C25H37N5O. The number of piperidine rings is 1. The number of benzene rings is 1. The van der Waals surface area contributed by atoms with Gasteiger partial charge in [-0.15, -0.1) is 0 Å². The maximum atomic E-state index is 10.6. The molecule has 0 amide bonds. The van der Waals surface area contributed by atoms with Gasteiger partial charge in [0, 0.05) is 53.4 Å². The second kappa shape index (κ2) is 8.87. The van der Waals surface area contributed by atoms with Crippen LogP contribution in [-0.2, 0) is 0 Å². The van der Waals surface area contributed by atoms with E-state index in [9.17, 15) is 5.11 Å². The number of phenolic OH excluding ortho intramolecular Hbond substituents is 1. The molecule has 1 fully saturated rings. The number of rotatable bonds is 6. The Bertz CT molecular complexity index is 940. The molecule has 0 aliphatic carbocycles. The van der Waals surface area contributed by atoms with Gasteiger partial charge in [-0.05, 0) is 71.6 Å². The van der Waals surface area contributed by atoms with Gasteiger partial charge in [0.1, 0.15) is 5.75 Å². The van der Waals surface area contributed by atoms with Crippen molar-refractivity contribution < 1.29 is 5.11 Å². The highest BCUT2D eigenvalue weighted by Gasteiger charge is 2.39. The van der Waals surface area contributed by atoms with Crippen LogP contribution in [0.2, 0.25) is 0 Å². The van der Waals surface area contributed by atoms with Crippen LogP contribution in [0.3, 0.4) is 0 Å². The maximum absolute atomic E-state index is 10.6. The second-order valence-electron chi connectivity index (χ2n) is 9.98. The molecule has 2 aromatic rings. The van der Waals surface area contributed by atoms with Crippen LogP contribution in [0.15, 0.2) is 47.5 Å². The number of aliphatic imine (C=N–C) groups is 1. The van der Waals surface area contributed by atoms with Gasteiger partial charge >= 0.3 is 0 Å². The zero-order chi connectivity index (χ0) is 22.8. The molecule has 0 atom stereocenters. The van der Waals surface area contributed by atoms with Gasteiger partial charge in [-0.1, -0.05) is 13.0 Å². The summed E-state index contributed by atoms with van der Waals surface area (Å²) in [5.41, 5.74) is 4.83. The van der Waals surface area contributed by atoms with E-state index in [1.54, 1.807) is 12.3 Å². The topological polar surface area (TPSA) is 76.5 Å². The first-order valence-corrected chi connectivity index (χ1v) is 11.1. The SMILES string of the molecule is CCC(=N/C=C(\C)N(C)C1CC(C)(C)NC(C)(C)C1)c1ccc(-c2cn[nH]c2)cc1O. The summed E-state index contributed by atoms with van der Waals surface area (Å²) in [7, 11) is 2.16. The normalized spacial score (nSPS) is 19.5. The lowest BCUT2D eigenvalue weighted by molar-refractivity contribution is 0.0987. The number of nitrogens with one attached hydrogen (secondary N) is 2. The van der Waals surface area contributed by atoms with Crippen LogP contribution in [0.4, 0.5) is 0 Å². The van der Waals surface area contributed by atoms with Crippen LogP contribution in [0, 0.1) is 0 Å². The highest BCUT2D eigenvalue weighted by Crippen LogP contribution is 2.32. The molecule has 3 N–H and O–H groups in total. The zero-order valence-corrected chi connectivity index (χ0v) is 20.0. The van der Waals surface area contributed by atoms with Gasteiger partial charge in [0.2, 0.25) is 0 Å². The van der Waals surface area contributed by atoms with Crippen molar-refractivity contribution in [3.8, 4) is 16.9 Å². The monoisotopic (exact) mass is 423 g/mol. The van der Waals surface area contributed by atoms with Crippen LogP contribution in [0.25, 0.3) is 11.1 Å². The average molecular weight is 424 g/mol.